The van der Waals surface area contributed by atoms with Crippen molar-refractivity contribution in [1.29, 1.82) is 0 Å². The van der Waals surface area contributed by atoms with Crippen LogP contribution in [0.25, 0.3) is 0 Å². The van der Waals surface area contributed by atoms with Crippen LogP contribution in [0.15, 0.2) is 48.5 Å². The number of aliphatic hydroxyl groups is 1. The first kappa shape index (κ1) is 31.3. The number of benzene rings is 2. The molecule has 0 saturated heterocycles. The van der Waals surface area contributed by atoms with E-state index in [0.29, 0.717) is 12.1 Å². The van der Waals surface area contributed by atoms with Gasteiger partial charge in [0.1, 0.15) is 11.5 Å². The number of alkyl halides is 12. The molecular formula is C22H19F12NO3. The van der Waals surface area contributed by atoms with E-state index in [1.54, 1.807) is 0 Å². The number of nitrogens with one attached hydrogen (secondary N) is 1. The maximum absolute atomic E-state index is 13.4. The third kappa shape index (κ3) is 9.78. The van der Waals surface area contributed by atoms with Gasteiger partial charge in [-0.05, 0) is 41.8 Å². The van der Waals surface area contributed by atoms with Gasteiger partial charge in [-0.1, -0.05) is 24.3 Å². The number of rotatable bonds is 10. The van der Waals surface area contributed by atoms with Gasteiger partial charge in [-0.2, -0.15) is 26.3 Å². The van der Waals surface area contributed by atoms with Crippen LogP contribution in [0.5, 0.6) is 11.5 Å². The molecule has 0 aliphatic carbocycles. The largest absolute Gasteiger partial charge is 0.573 e. The number of ether oxygens (including phenoxy) is 2. The molecule has 0 fully saturated rings. The summed E-state index contributed by atoms with van der Waals surface area (Å²) >= 11 is 0. The highest BCUT2D eigenvalue weighted by Gasteiger charge is 2.47. The molecular weight excluding hydrogens is 554 g/mol. The quantitative estimate of drug-likeness (QED) is 0.248. The Balaban J connectivity index is 2.71. The number of hydrogen-bond donors (Lipinski definition) is 2. The first-order valence-corrected chi connectivity index (χ1v) is 10.4. The van der Waals surface area contributed by atoms with Crippen molar-refractivity contribution in [2.45, 2.75) is 49.4 Å². The van der Waals surface area contributed by atoms with Gasteiger partial charge < -0.3 is 19.9 Å². The molecule has 38 heavy (non-hydrogen) atoms. The van der Waals surface area contributed by atoms with Gasteiger partial charge >= 0.3 is 25.1 Å². The first-order valence-electron chi connectivity index (χ1n) is 10.4. The van der Waals surface area contributed by atoms with Crippen LogP contribution in [0.1, 0.15) is 24.0 Å². The Morgan fingerprint density at radius 3 is 1.53 bits per heavy atom. The summed E-state index contributed by atoms with van der Waals surface area (Å²) in [4.78, 5) is 0. The molecule has 0 aromatic heterocycles. The number of aliphatic hydroxyl groups excluding tert-OH is 1. The molecule has 0 radical (unpaired) electrons. The maximum atomic E-state index is 13.4. The lowest BCUT2D eigenvalue weighted by molar-refractivity contribution is -0.275. The second kappa shape index (κ2) is 11.5. The fourth-order valence-electron chi connectivity index (χ4n) is 3.64. The molecule has 2 N–H and O–H groups in total. The molecule has 214 valence electrons. The van der Waals surface area contributed by atoms with E-state index in [1.807, 2.05) is 0 Å². The van der Waals surface area contributed by atoms with Crippen LogP contribution in [0, 0.1) is 0 Å². The standard InChI is InChI=1S/C22H19F12NO3/c23-19(24,25)7-8-35-12-18(11-17(36)20(26,27)28,13-3-1-5-15(9-13)37-21(29,30)31)14-4-2-6-16(10-14)38-22(32,33)34/h1-6,9-10,17,35-36H,7-8,11-12H2. The first-order chi connectivity index (χ1) is 17.2. The Morgan fingerprint density at radius 2 is 1.16 bits per heavy atom. The second-order valence-electron chi connectivity index (χ2n) is 8.04. The lowest BCUT2D eigenvalue weighted by Gasteiger charge is -2.38. The molecule has 0 aliphatic rings. The molecule has 1 unspecified atom stereocenters. The monoisotopic (exact) mass is 573 g/mol. The van der Waals surface area contributed by atoms with Crippen molar-refractivity contribution in [2.24, 2.45) is 0 Å². The summed E-state index contributed by atoms with van der Waals surface area (Å²) in [5, 5.41) is 12.1. The van der Waals surface area contributed by atoms with E-state index in [2.05, 4.69) is 14.8 Å². The Bertz CT molecular complexity index is 988. The Hall–Kier alpha value is -2.88. The summed E-state index contributed by atoms with van der Waals surface area (Å²) in [6.07, 6.45) is -26.5. The van der Waals surface area contributed by atoms with Crippen LogP contribution in [-0.4, -0.2) is 49.4 Å². The molecule has 0 heterocycles. The average molecular weight is 573 g/mol. The topological polar surface area (TPSA) is 50.7 Å². The fraction of sp³-hybridized carbons (Fsp3) is 0.455. The molecule has 2 aromatic rings. The Labute approximate surface area is 207 Å². The molecule has 0 saturated carbocycles. The Morgan fingerprint density at radius 1 is 0.711 bits per heavy atom. The van der Waals surface area contributed by atoms with Gasteiger partial charge in [-0.15, -0.1) is 26.3 Å². The average Bonchev–Trinajstić information content (AvgIpc) is 2.72. The van der Waals surface area contributed by atoms with Crippen LogP contribution in [-0.2, 0) is 5.41 Å². The van der Waals surface area contributed by atoms with Gasteiger partial charge in [0.05, 0.1) is 6.42 Å². The number of hydrogen-bond acceptors (Lipinski definition) is 4. The van der Waals surface area contributed by atoms with Crippen molar-refractivity contribution in [3.63, 3.8) is 0 Å². The summed E-state index contributed by atoms with van der Waals surface area (Å²) in [6, 6.07) is 6.65. The van der Waals surface area contributed by atoms with Crippen molar-refractivity contribution >= 4 is 0 Å². The fourth-order valence-corrected chi connectivity index (χ4v) is 3.64. The van der Waals surface area contributed by atoms with Gasteiger partial charge in [0.2, 0.25) is 0 Å². The third-order valence-corrected chi connectivity index (χ3v) is 5.17. The van der Waals surface area contributed by atoms with Gasteiger partial charge in [-0.25, -0.2) is 0 Å². The van der Waals surface area contributed by atoms with E-state index < -0.39 is 85.2 Å². The predicted molar refractivity (Wildman–Crippen MR) is 107 cm³/mol. The van der Waals surface area contributed by atoms with Gasteiger partial charge in [0, 0.05) is 18.5 Å². The minimum absolute atomic E-state index is 0.439. The van der Waals surface area contributed by atoms with E-state index in [1.165, 1.54) is 0 Å². The van der Waals surface area contributed by atoms with Crippen LogP contribution in [0.3, 0.4) is 0 Å². The van der Waals surface area contributed by atoms with Crippen molar-refractivity contribution in [1.82, 2.24) is 5.32 Å². The van der Waals surface area contributed by atoms with Crippen molar-refractivity contribution in [3.05, 3.63) is 59.7 Å². The lowest BCUT2D eigenvalue weighted by atomic mass is 9.70. The zero-order valence-corrected chi connectivity index (χ0v) is 18.8. The Kier molecular flexibility index (Phi) is 9.46. The van der Waals surface area contributed by atoms with E-state index in [4.69, 9.17) is 0 Å². The molecule has 0 spiro atoms. The van der Waals surface area contributed by atoms with Crippen LogP contribution in [0.4, 0.5) is 52.7 Å². The van der Waals surface area contributed by atoms with Crippen molar-refractivity contribution < 1.29 is 67.3 Å². The summed E-state index contributed by atoms with van der Waals surface area (Å²) < 4.78 is 162. The second-order valence-corrected chi connectivity index (χ2v) is 8.04. The van der Waals surface area contributed by atoms with Crippen LogP contribution >= 0.6 is 0 Å². The zero-order chi connectivity index (χ0) is 29.0. The third-order valence-electron chi connectivity index (χ3n) is 5.17. The predicted octanol–water partition coefficient (Wildman–Crippen LogP) is 6.63. The zero-order valence-electron chi connectivity index (χ0n) is 18.8. The van der Waals surface area contributed by atoms with Gasteiger partial charge in [-0.3, -0.25) is 0 Å². The van der Waals surface area contributed by atoms with E-state index in [-0.39, 0.29) is 0 Å². The van der Waals surface area contributed by atoms with E-state index in [0.717, 1.165) is 36.4 Å². The van der Waals surface area contributed by atoms with Crippen LogP contribution < -0.4 is 14.8 Å². The van der Waals surface area contributed by atoms with Crippen molar-refractivity contribution in [2.75, 3.05) is 13.1 Å². The van der Waals surface area contributed by atoms with E-state index in [9.17, 15) is 57.8 Å². The molecule has 16 heteroatoms. The highest BCUT2D eigenvalue weighted by molar-refractivity contribution is 5.46. The summed E-state index contributed by atoms with van der Waals surface area (Å²) in [7, 11) is 0. The smallest absolute Gasteiger partial charge is 0.406 e. The van der Waals surface area contributed by atoms with E-state index >= 15 is 0 Å². The van der Waals surface area contributed by atoms with Gasteiger partial charge in [0.15, 0.2) is 6.10 Å². The SMILES string of the molecule is OC(CC(CNCCC(F)(F)F)(c1cccc(OC(F)(F)F)c1)c1cccc(OC(F)(F)F)c1)C(F)(F)F. The highest BCUT2D eigenvalue weighted by atomic mass is 19.4. The highest BCUT2D eigenvalue weighted by Crippen LogP contribution is 2.42. The molecule has 1 atom stereocenters. The maximum Gasteiger partial charge on any atom is 0.573 e. The summed E-state index contributed by atoms with van der Waals surface area (Å²) in [6.45, 7) is -1.74. The molecule has 0 bridgehead atoms. The molecule has 0 aliphatic heterocycles. The molecule has 2 aromatic carbocycles. The molecule has 2 rings (SSSR count). The number of halogens is 12. The minimum Gasteiger partial charge on any atom is -0.406 e. The molecule has 4 nitrogen and oxygen atoms in total. The minimum atomic E-state index is -5.31. The normalized spacial score (nSPS) is 14.3. The lowest BCUT2D eigenvalue weighted by Crippen LogP contribution is -2.46. The van der Waals surface area contributed by atoms with Crippen LogP contribution in [0.2, 0.25) is 0 Å². The van der Waals surface area contributed by atoms with Gasteiger partial charge in [0.25, 0.3) is 0 Å². The van der Waals surface area contributed by atoms with Crippen molar-refractivity contribution in [3.8, 4) is 11.5 Å². The summed E-state index contributed by atoms with van der Waals surface area (Å²) in [5.74, 6) is -1.86. The molecule has 0 amide bonds. The summed E-state index contributed by atoms with van der Waals surface area (Å²) in [5.41, 5.74) is -3.20.